The van der Waals surface area contributed by atoms with Crippen LogP contribution in [0.25, 0.3) is 10.2 Å². The summed E-state index contributed by atoms with van der Waals surface area (Å²) in [5.74, 6) is 2.52. The van der Waals surface area contributed by atoms with Gasteiger partial charge in [0.1, 0.15) is 12.4 Å². The summed E-state index contributed by atoms with van der Waals surface area (Å²) >= 11 is 4.70. The summed E-state index contributed by atoms with van der Waals surface area (Å²) in [6.07, 6.45) is 0. The second-order valence-electron chi connectivity index (χ2n) is 8.29. The van der Waals surface area contributed by atoms with Crippen LogP contribution in [0.1, 0.15) is 17.0 Å². The maximum Gasteiger partial charge on any atom is 0.234 e. The molecule has 0 saturated carbocycles. The van der Waals surface area contributed by atoms with Gasteiger partial charge in [0.2, 0.25) is 5.91 Å². The molecule has 0 radical (unpaired) electrons. The molecule has 2 aromatic heterocycles. The zero-order valence-corrected chi connectivity index (χ0v) is 22.8. The Bertz CT molecular complexity index is 1520. The minimum absolute atomic E-state index is 0.103. The maximum atomic E-state index is 12.6. The molecule has 0 aliphatic heterocycles. The largest absolute Gasteiger partial charge is 0.485 e. The molecule has 5 aromatic rings. The molecule has 1 amide bonds. The van der Waals surface area contributed by atoms with Gasteiger partial charge < -0.3 is 14.6 Å². The van der Waals surface area contributed by atoms with E-state index in [1.165, 1.54) is 17.3 Å². The number of hydrogen-bond acceptors (Lipinski definition) is 8. The summed E-state index contributed by atoms with van der Waals surface area (Å²) in [5, 5.41) is 12.1. The van der Waals surface area contributed by atoms with Crippen LogP contribution in [0.5, 0.6) is 5.75 Å². The molecule has 2 heterocycles. The molecule has 0 aliphatic carbocycles. The van der Waals surface area contributed by atoms with Crippen molar-refractivity contribution in [2.75, 3.05) is 11.1 Å². The van der Waals surface area contributed by atoms with Gasteiger partial charge in [-0.25, -0.2) is 4.98 Å². The fourth-order valence-electron chi connectivity index (χ4n) is 3.55. The average Bonchev–Trinajstić information content (AvgIpc) is 3.48. The monoisotopic (exact) mass is 547 g/mol. The van der Waals surface area contributed by atoms with Crippen molar-refractivity contribution in [2.24, 2.45) is 7.05 Å². The second kappa shape index (κ2) is 11.8. The van der Waals surface area contributed by atoms with Gasteiger partial charge in [0.05, 0.1) is 16.0 Å². The van der Waals surface area contributed by atoms with Crippen LogP contribution in [-0.2, 0) is 24.2 Å². The van der Waals surface area contributed by atoms with Crippen molar-refractivity contribution in [1.82, 2.24) is 19.7 Å². The number of benzene rings is 3. The molecule has 3 aromatic carbocycles. The van der Waals surface area contributed by atoms with Crippen LogP contribution in [-0.4, -0.2) is 31.4 Å². The van der Waals surface area contributed by atoms with Crippen LogP contribution in [0.3, 0.4) is 0 Å². The first-order chi connectivity index (χ1) is 18.0. The number of nitrogens with zero attached hydrogens (tertiary/aromatic N) is 4. The van der Waals surface area contributed by atoms with E-state index in [1.54, 1.807) is 23.1 Å². The van der Waals surface area contributed by atoms with Crippen molar-refractivity contribution >= 4 is 56.7 Å². The van der Waals surface area contributed by atoms with Gasteiger partial charge in [-0.05, 0) is 42.3 Å². The van der Waals surface area contributed by atoms with Gasteiger partial charge in [0.15, 0.2) is 15.3 Å². The number of fused-ring (bicyclic) bond motifs is 1. The molecule has 188 valence electrons. The molecule has 7 nitrogen and oxygen atoms in total. The molecule has 0 aliphatic rings. The molecule has 0 atom stereocenters. The molecule has 37 heavy (non-hydrogen) atoms. The van der Waals surface area contributed by atoms with Crippen LogP contribution in [0.4, 0.5) is 5.69 Å². The van der Waals surface area contributed by atoms with Crippen molar-refractivity contribution in [3.8, 4) is 5.75 Å². The van der Waals surface area contributed by atoms with E-state index in [0.29, 0.717) is 17.6 Å². The number of anilines is 1. The van der Waals surface area contributed by atoms with Crippen molar-refractivity contribution < 1.29 is 9.53 Å². The zero-order valence-electron chi connectivity index (χ0n) is 20.4. The van der Waals surface area contributed by atoms with Crippen molar-refractivity contribution in [1.29, 1.82) is 0 Å². The minimum atomic E-state index is -0.103. The topological polar surface area (TPSA) is 81.9 Å². The van der Waals surface area contributed by atoms with Gasteiger partial charge in [-0.15, -0.1) is 21.5 Å². The lowest BCUT2D eigenvalue weighted by molar-refractivity contribution is -0.113. The van der Waals surface area contributed by atoms with Crippen LogP contribution in [0.15, 0.2) is 82.3 Å². The predicted molar refractivity (Wildman–Crippen MR) is 151 cm³/mol. The summed E-state index contributed by atoms with van der Waals surface area (Å²) in [5.41, 5.74) is 4.03. The van der Waals surface area contributed by atoms with Gasteiger partial charge in [-0.1, -0.05) is 72.1 Å². The number of aromatic nitrogens is 4. The number of para-hydroxylation sites is 1. The van der Waals surface area contributed by atoms with E-state index in [4.69, 9.17) is 9.72 Å². The Morgan fingerprint density at radius 1 is 1.03 bits per heavy atom. The fraction of sp³-hybridized carbons (Fsp3) is 0.185. The highest BCUT2D eigenvalue weighted by atomic mass is 32.2. The number of nitrogens with one attached hydrogen (secondary N) is 1. The number of carbonyl (C=O) groups excluding carboxylic acids is 1. The highest BCUT2D eigenvalue weighted by Gasteiger charge is 2.13. The van der Waals surface area contributed by atoms with E-state index in [1.807, 2.05) is 79.2 Å². The molecule has 0 bridgehead atoms. The number of amides is 1. The summed E-state index contributed by atoms with van der Waals surface area (Å²) in [4.78, 5) is 17.3. The Hall–Kier alpha value is -3.34. The van der Waals surface area contributed by atoms with Crippen LogP contribution in [0.2, 0.25) is 0 Å². The zero-order chi connectivity index (χ0) is 25.6. The lowest BCUT2D eigenvalue weighted by Gasteiger charge is -2.08. The minimum Gasteiger partial charge on any atom is -0.485 e. The van der Waals surface area contributed by atoms with Crippen molar-refractivity contribution in [3.05, 3.63) is 89.7 Å². The summed E-state index contributed by atoms with van der Waals surface area (Å²) < 4.78 is 9.80. The third-order valence-electron chi connectivity index (χ3n) is 5.57. The Labute approximate surface area is 227 Å². The third-order valence-corrected chi connectivity index (χ3v) is 8.82. The molecule has 0 saturated heterocycles. The summed E-state index contributed by atoms with van der Waals surface area (Å²) in [6.45, 7) is 2.31. The molecule has 0 fully saturated rings. The van der Waals surface area contributed by atoms with Crippen molar-refractivity contribution in [3.63, 3.8) is 0 Å². The standard InChI is InChI=1S/C27H25N5O2S3/c1-18-8-6-7-11-22(18)34-15-24-30-31-26(32(24)2)35-17-25(33)28-20-12-13-21-23(14-20)37-27(29-21)36-16-19-9-4-3-5-10-19/h3-14H,15-17H2,1-2H3,(H,28,33). The molecule has 10 heteroatoms. The first kappa shape index (κ1) is 25.3. The highest BCUT2D eigenvalue weighted by Crippen LogP contribution is 2.33. The second-order valence-corrected chi connectivity index (χ2v) is 11.5. The molecule has 0 spiro atoms. The predicted octanol–water partition coefficient (Wildman–Crippen LogP) is 6.34. The summed E-state index contributed by atoms with van der Waals surface area (Å²) in [7, 11) is 1.88. The molecular weight excluding hydrogens is 523 g/mol. The lowest BCUT2D eigenvalue weighted by atomic mass is 10.2. The van der Waals surface area contributed by atoms with E-state index in [2.05, 4.69) is 27.6 Å². The van der Waals surface area contributed by atoms with E-state index < -0.39 is 0 Å². The number of thioether (sulfide) groups is 2. The molecular formula is C27H25N5O2S3. The quantitative estimate of drug-likeness (QED) is 0.204. The highest BCUT2D eigenvalue weighted by molar-refractivity contribution is 8.00. The Kier molecular flexibility index (Phi) is 8.08. The van der Waals surface area contributed by atoms with Gasteiger partial charge in [-0.3, -0.25) is 4.79 Å². The normalized spacial score (nSPS) is 11.1. The number of rotatable bonds is 10. The van der Waals surface area contributed by atoms with Gasteiger partial charge in [0, 0.05) is 18.5 Å². The van der Waals surface area contributed by atoms with E-state index in [0.717, 1.165) is 37.3 Å². The SMILES string of the molecule is Cc1ccccc1OCc1nnc(SCC(=O)Nc2ccc3nc(SCc4ccccc4)sc3c2)n1C. The third kappa shape index (κ3) is 6.51. The van der Waals surface area contributed by atoms with E-state index >= 15 is 0 Å². The summed E-state index contributed by atoms with van der Waals surface area (Å²) in [6, 6.07) is 24.0. The van der Waals surface area contributed by atoms with Crippen LogP contribution < -0.4 is 10.1 Å². The molecule has 0 unspecified atom stereocenters. The Morgan fingerprint density at radius 2 is 1.84 bits per heavy atom. The van der Waals surface area contributed by atoms with E-state index in [9.17, 15) is 4.79 Å². The van der Waals surface area contributed by atoms with Gasteiger partial charge >= 0.3 is 0 Å². The average molecular weight is 548 g/mol. The number of aryl methyl sites for hydroxylation is 1. The molecule has 5 rings (SSSR count). The first-order valence-corrected chi connectivity index (χ1v) is 14.4. The first-order valence-electron chi connectivity index (χ1n) is 11.6. The Morgan fingerprint density at radius 3 is 2.68 bits per heavy atom. The molecule has 1 N–H and O–H groups in total. The number of thiazole rings is 1. The number of ether oxygens (including phenoxy) is 1. The fourth-order valence-corrected chi connectivity index (χ4v) is 6.34. The van der Waals surface area contributed by atoms with Gasteiger partial charge in [-0.2, -0.15) is 0 Å². The van der Waals surface area contributed by atoms with E-state index in [-0.39, 0.29) is 11.7 Å². The lowest BCUT2D eigenvalue weighted by Crippen LogP contribution is -2.14. The van der Waals surface area contributed by atoms with Crippen molar-refractivity contribution in [2.45, 2.75) is 28.8 Å². The van der Waals surface area contributed by atoms with Crippen LogP contribution >= 0.6 is 34.9 Å². The smallest absolute Gasteiger partial charge is 0.234 e. The van der Waals surface area contributed by atoms with Gasteiger partial charge in [0.25, 0.3) is 0 Å². The Balaban J connectivity index is 1.14. The number of hydrogen-bond donors (Lipinski definition) is 1. The number of carbonyl (C=O) groups is 1. The maximum absolute atomic E-state index is 12.6. The van der Waals surface area contributed by atoms with Crippen LogP contribution in [0, 0.1) is 6.92 Å².